The number of amides is 2. The summed E-state index contributed by atoms with van der Waals surface area (Å²) in [6.45, 7) is 2.66. The molecule has 6 heteroatoms. The molecule has 0 radical (unpaired) electrons. The van der Waals surface area contributed by atoms with Crippen LogP contribution in [0.5, 0.6) is 5.75 Å². The Morgan fingerprint density at radius 2 is 1.58 bits per heavy atom. The molecule has 2 amide bonds. The van der Waals surface area contributed by atoms with Gasteiger partial charge in [-0.1, -0.05) is 97.7 Å². The zero-order valence-electron chi connectivity index (χ0n) is 18.7. The molecule has 172 valence electrons. The third-order valence-corrected chi connectivity index (χ3v) is 5.52. The number of benzene rings is 3. The Morgan fingerprint density at radius 1 is 0.939 bits per heavy atom. The van der Waals surface area contributed by atoms with Gasteiger partial charge in [0.05, 0.1) is 5.02 Å². The summed E-state index contributed by atoms with van der Waals surface area (Å²) in [5.74, 6) is -0.0919. The number of halogens is 1. The quantitative estimate of drug-likeness (QED) is 0.386. The first-order chi connectivity index (χ1) is 16.1. The van der Waals surface area contributed by atoms with Gasteiger partial charge in [0.25, 0.3) is 5.91 Å². The molecule has 0 unspecified atom stereocenters. The molecule has 0 bridgehead atoms. The number of rotatable bonds is 11. The highest BCUT2D eigenvalue weighted by atomic mass is 35.5. The standard InChI is InChI=1S/C27H29ClN2O3/c1-2-3-18-29-27(32)26(22-14-8-5-9-15-22)30(19-21-12-6-4-7-13-21)25(31)20-33-24-17-11-10-16-23(24)28/h4-17,26H,2-3,18-20H2,1H3,(H,29,32)/t26-/m1/s1. The zero-order chi connectivity index (χ0) is 23.5. The van der Waals surface area contributed by atoms with Crippen LogP contribution < -0.4 is 10.1 Å². The van der Waals surface area contributed by atoms with Gasteiger partial charge in [0, 0.05) is 13.1 Å². The van der Waals surface area contributed by atoms with Gasteiger partial charge in [-0.3, -0.25) is 9.59 Å². The van der Waals surface area contributed by atoms with Gasteiger partial charge >= 0.3 is 0 Å². The van der Waals surface area contributed by atoms with E-state index in [1.807, 2.05) is 60.7 Å². The van der Waals surface area contributed by atoms with Crippen molar-refractivity contribution in [2.75, 3.05) is 13.2 Å². The molecule has 0 saturated heterocycles. The number of unbranched alkanes of at least 4 members (excludes halogenated alkanes) is 1. The lowest BCUT2D eigenvalue weighted by Gasteiger charge is -2.31. The van der Waals surface area contributed by atoms with Crippen LogP contribution in [-0.4, -0.2) is 29.9 Å². The van der Waals surface area contributed by atoms with Crippen molar-refractivity contribution in [1.29, 1.82) is 0 Å². The summed E-state index contributed by atoms with van der Waals surface area (Å²) in [6.07, 6.45) is 1.84. The van der Waals surface area contributed by atoms with E-state index in [4.69, 9.17) is 16.3 Å². The minimum atomic E-state index is -0.786. The van der Waals surface area contributed by atoms with Crippen LogP contribution in [0.15, 0.2) is 84.9 Å². The molecular weight excluding hydrogens is 436 g/mol. The molecule has 0 aromatic heterocycles. The minimum absolute atomic E-state index is 0.211. The summed E-state index contributed by atoms with van der Waals surface area (Å²) < 4.78 is 5.73. The summed E-state index contributed by atoms with van der Waals surface area (Å²) in [5, 5.41) is 3.42. The largest absolute Gasteiger partial charge is 0.482 e. The maximum Gasteiger partial charge on any atom is 0.261 e. The van der Waals surface area contributed by atoms with E-state index in [9.17, 15) is 9.59 Å². The van der Waals surface area contributed by atoms with Crippen LogP contribution in [0.25, 0.3) is 0 Å². The van der Waals surface area contributed by atoms with Gasteiger partial charge in [-0.05, 0) is 29.7 Å². The van der Waals surface area contributed by atoms with E-state index in [-0.39, 0.29) is 25.0 Å². The van der Waals surface area contributed by atoms with Gasteiger partial charge in [0.1, 0.15) is 11.8 Å². The normalized spacial score (nSPS) is 11.5. The number of ether oxygens (including phenoxy) is 1. The molecule has 0 aliphatic heterocycles. The van der Waals surface area contributed by atoms with E-state index in [1.165, 1.54) is 0 Å². The second-order valence-corrected chi connectivity index (χ2v) is 8.09. The Kier molecular flexibility index (Phi) is 9.33. The van der Waals surface area contributed by atoms with Crippen molar-refractivity contribution in [1.82, 2.24) is 10.2 Å². The summed E-state index contributed by atoms with van der Waals surface area (Å²) >= 11 is 6.18. The Bertz CT molecular complexity index is 1030. The highest BCUT2D eigenvalue weighted by Crippen LogP contribution is 2.26. The first-order valence-electron chi connectivity index (χ1n) is 11.1. The highest BCUT2D eigenvalue weighted by molar-refractivity contribution is 6.32. The number of para-hydroxylation sites is 1. The maximum absolute atomic E-state index is 13.5. The summed E-state index contributed by atoms with van der Waals surface area (Å²) in [6, 6.07) is 25.2. The van der Waals surface area contributed by atoms with Crippen LogP contribution >= 0.6 is 11.6 Å². The number of carbonyl (C=O) groups is 2. The van der Waals surface area contributed by atoms with Crippen molar-refractivity contribution in [3.8, 4) is 5.75 Å². The lowest BCUT2D eigenvalue weighted by molar-refractivity contribution is -0.143. The molecule has 3 rings (SSSR count). The number of nitrogens with zero attached hydrogens (tertiary/aromatic N) is 1. The van der Waals surface area contributed by atoms with E-state index < -0.39 is 6.04 Å². The van der Waals surface area contributed by atoms with Crippen LogP contribution in [0.1, 0.15) is 36.9 Å². The Morgan fingerprint density at radius 3 is 2.24 bits per heavy atom. The van der Waals surface area contributed by atoms with Gasteiger partial charge in [-0.25, -0.2) is 0 Å². The van der Waals surface area contributed by atoms with Crippen LogP contribution in [0, 0.1) is 0 Å². The fraction of sp³-hybridized carbons (Fsp3) is 0.259. The SMILES string of the molecule is CCCCNC(=O)[C@@H](c1ccccc1)N(Cc1ccccc1)C(=O)COc1ccccc1Cl. The van der Waals surface area contributed by atoms with Crippen LogP contribution in [0.3, 0.4) is 0 Å². The van der Waals surface area contributed by atoms with Gasteiger partial charge in [0.2, 0.25) is 5.91 Å². The fourth-order valence-corrected chi connectivity index (χ4v) is 3.67. The molecule has 0 saturated carbocycles. The summed E-state index contributed by atoms with van der Waals surface area (Å²) in [5.41, 5.74) is 1.67. The van der Waals surface area contributed by atoms with Crippen LogP contribution in [0.4, 0.5) is 0 Å². The molecule has 1 N–H and O–H groups in total. The Labute approximate surface area is 200 Å². The predicted molar refractivity (Wildman–Crippen MR) is 131 cm³/mol. The van der Waals surface area contributed by atoms with Crippen molar-refractivity contribution >= 4 is 23.4 Å². The van der Waals surface area contributed by atoms with Crippen LogP contribution in [0.2, 0.25) is 5.02 Å². The maximum atomic E-state index is 13.5. The third-order valence-electron chi connectivity index (χ3n) is 5.21. The molecule has 33 heavy (non-hydrogen) atoms. The van der Waals surface area contributed by atoms with Crippen molar-refractivity contribution in [2.24, 2.45) is 0 Å². The Balaban J connectivity index is 1.90. The van der Waals surface area contributed by atoms with Gasteiger partial charge in [-0.2, -0.15) is 0 Å². The van der Waals surface area contributed by atoms with Gasteiger partial charge < -0.3 is 15.0 Å². The summed E-state index contributed by atoms with van der Waals surface area (Å²) in [4.78, 5) is 28.3. The van der Waals surface area contributed by atoms with E-state index in [1.54, 1.807) is 29.2 Å². The second kappa shape index (κ2) is 12.7. The molecule has 0 fully saturated rings. The number of carbonyl (C=O) groups excluding carboxylic acids is 2. The first kappa shape index (κ1) is 24.3. The van der Waals surface area contributed by atoms with Gasteiger partial charge in [-0.15, -0.1) is 0 Å². The third kappa shape index (κ3) is 7.09. The first-order valence-corrected chi connectivity index (χ1v) is 11.5. The topological polar surface area (TPSA) is 58.6 Å². The molecule has 3 aromatic rings. The van der Waals surface area contributed by atoms with Crippen molar-refractivity contribution < 1.29 is 14.3 Å². The van der Waals surface area contributed by atoms with E-state index in [2.05, 4.69) is 12.2 Å². The Hall–Kier alpha value is -3.31. The lowest BCUT2D eigenvalue weighted by Crippen LogP contribution is -2.45. The smallest absolute Gasteiger partial charge is 0.261 e. The number of hydrogen-bond acceptors (Lipinski definition) is 3. The van der Waals surface area contributed by atoms with Gasteiger partial charge in [0.15, 0.2) is 6.61 Å². The van der Waals surface area contributed by atoms with E-state index in [0.717, 1.165) is 24.0 Å². The lowest BCUT2D eigenvalue weighted by atomic mass is 10.0. The molecule has 0 aliphatic rings. The van der Waals surface area contributed by atoms with Crippen LogP contribution in [-0.2, 0) is 16.1 Å². The number of hydrogen-bond donors (Lipinski definition) is 1. The predicted octanol–water partition coefficient (Wildman–Crippen LogP) is 5.41. The minimum Gasteiger partial charge on any atom is -0.482 e. The molecule has 0 heterocycles. The molecule has 5 nitrogen and oxygen atoms in total. The zero-order valence-corrected chi connectivity index (χ0v) is 19.5. The van der Waals surface area contributed by atoms with E-state index >= 15 is 0 Å². The van der Waals surface area contributed by atoms with E-state index in [0.29, 0.717) is 17.3 Å². The monoisotopic (exact) mass is 464 g/mol. The van der Waals surface area contributed by atoms with Crippen molar-refractivity contribution in [2.45, 2.75) is 32.4 Å². The molecule has 3 aromatic carbocycles. The molecule has 0 aliphatic carbocycles. The molecule has 0 spiro atoms. The second-order valence-electron chi connectivity index (χ2n) is 7.68. The van der Waals surface area contributed by atoms with Crippen molar-refractivity contribution in [3.63, 3.8) is 0 Å². The van der Waals surface area contributed by atoms with Crippen molar-refractivity contribution in [3.05, 3.63) is 101 Å². The fourth-order valence-electron chi connectivity index (χ4n) is 3.48. The highest BCUT2D eigenvalue weighted by Gasteiger charge is 2.31. The molecule has 1 atom stereocenters. The average Bonchev–Trinajstić information content (AvgIpc) is 2.84. The number of nitrogens with one attached hydrogen (secondary N) is 1. The average molecular weight is 465 g/mol. The molecular formula is C27H29ClN2O3. The summed E-state index contributed by atoms with van der Waals surface area (Å²) in [7, 11) is 0.